The van der Waals surface area contributed by atoms with Gasteiger partial charge in [0, 0.05) is 9.40 Å². The van der Waals surface area contributed by atoms with E-state index < -0.39 is 24.9 Å². The van der Waals surface area contributed by atoms with Crippen molar-refractivity contribution in [2.45, 2.75) is 5.92 Å². The largest absolute Gasteiger partial charge is 0.345 e. The van der Waals surface area contributed by atoms with Crippen molar-refractivity contribution in [2.24, 2.45) is 5.73 Å². The molecule has 3 nitrogen and oxygen atoms in total. The van der Waals surface area contributed by atoms with Crippen LogP contribution in [0.25, 0.3) is 9.40 Å². The first-order valence-electron chi connectivity index (χ1n) is 4.85. The van der Waals surface area contributed by atoms with Crippen LogP contribution in [0.2, 0.25) is 0 Å². The van der Waals surface area contributed by atoms with E-state index in [0.717, 1.165) is 9.40 Å². The highest BCUT2D eigenvalue weighted by Crippen LogP contribution is 2.29. The summed E-state index contributed by atoms with van der Waals surface area (Å²) in [6.45, 7) is -1.50. The minimum atomic E-state index is -3.05. The van der Waals surface area contributed by atoms with E-state index in [-0.39, 0.29) is 0 Å². The third-order valence-electron chi connectivity index (χ3n) is 2.17. The van der Waals surface area contributed by atoms with Gasteiger partial charge in [0.1, 0.15) is 0 Å². The molecule has 0 saturated carbocycles. The van der Waals surface area contributed by atoms with E-state index >= 15 is 0 Å². The number of nitrogens with two attached hydrogens (primary N) is 1. The van der Waals surface area contributed by atoms with Gasteiger partial charge in [-0.25, -0.2) is 8.78 Å². The Morgan fingerprint density at radius 2 is 2.24 bits per heavy atom. The van der Waals surface area contributed by atoms with Crippen molar-refractivity contribution in [3.63, 3.8) is 0 Å². The summed E-state index contributed by atoms with van der Waals surface area (Å²) < 4.78 is 27.7. The summed E-state index contributed by atoms with van der Waals surface area (Å²) >= 11 is 2.81. The van der Waals surface area contributed by atoms with Crippen molar-refractivity contribution in [3.8, 4) is 0 Å². The first kappa shape index (κ1) is 12.4. The van der Waals surface area contributed by atoms with Crippen LogP contribution in [0.15, 0.2) is 17.5 Å². The van der Waals surface area contributed by atoms with Crippen molar-refractivity contribution in [3.05, 3.63) is 22.4 Å². The minimum Gasteiger partial charge on any atom is -0.345 e. The second kappa shape index (κ2) is 4.67. The van der Waals surface area contributed by atoms with Gasteiger partial charge in [-0.2, -0.15) is 0 Å². The number of nitrogens with one attached hydrogen (secondary N) is 1. The van der Waals surface area contributed by atoms with Crippen LogP contribution in [0.1, 0.15) is 9.67 Å². The Morgan fingerprint density at radius 1 is 1.47 bits per heavy atom. The lowest BCUT2D eigenvalue weighted by atomic mass is 10.3. The molecule has 0 bridgehead atoms. The van der Waals surface area contributed by atoms with Gasteiger partial charge >= 0.3 is 0 Å². The molecule has 0 atom stereocenters. The summed E-state index contributed by atoms with van der Waals surface area (Å²) in [6.07, 6.45) is 0. The van der Waals surface area contributed by atoms with Crippen LogP contribution in [0, 0.1) is 0 Å². The highest BCUT2D eigenvalue weighted by Gasteiger charge is 2.27. The molecule has 0 spiro atoms. The first-order chi connectivity index (χ1) is 8.02. The molecule has 0 fully saturated rings. The van der Waals surface area contributed by atoms with E-state index in [4.69, 9.17) is 5.73 Å². The summed E-state index contributed by atoms with van der Waals surface area (Å²) in [6, 6.07) is 3.61. The third kappa shape index (κ3) is 2.80. The van der Waals surface area contributed by atoms with Crippen molar-refractivity contribution >= 4 is 38.0 Å². The fraction of sp³-hybridized carbons (Fsp3) is 0.300. The number of fused-ring (bicyclic) bond motifs is 1. The Morgan fingerprint density at radius 3 is 2.88 bits per heavy atom. The zero-order chi connectivity index (χ0) is 12.5. The highest BCUT2D eigenvalue weighted by atomic mass is 32.1. The van der Waals surface area contributed by atoms with Crippen molar-refractivity contribution in [2.75, 3.05) is 13.1 Å². The topological polar surface area (TPSA) is 55.1 Å². The maximum atomic E-state index is 12.8. The molecule has 0 radical (unpaired) electrons. The van der Waals surface area contributed by atoms with Crippen molar-refractivity contribution < 1.29 is 13.6 Å². The number of hydrogen-bond acceptors (Lipinski definition) is 4. The standard InChI is InChI=1S/C10H10F2N2OS2/c11-10(12,4-13)5-14-9(15)8-3-7-6(17-8)1-2-16-7/h1-3H,4-5,13H2,(H,14,15). The van der Waals surface area contributed by atoms with Crippen LogP contribution >= 0.6 is 22.7 Å². The van der Waals surface area contributed by atoms with Crippen LogP contribution < -0.4 is 11.1 Å². The molecule has 2 aromatic rings. The predicted molar refractivity (Wildman–Crippen MR) is 66.0 cm³/mol. The smallest absolute Gasteiger partial charge is 0.277 e. The average molecular weight is 276 g/mol. The maximum Gasteiger partial charge on any atom is 0.277 e. The van der Waals surface area contributed by atoms with E-state index in [1.54, 1.807) is 6.07 Å². The fourth-order valence-electron chi connectivity index (χ4n) is 1.25. The van der Waals surface area contributed by atoms with Gasteiger partial charge in [0.25, 0.3) is 11.8 Å². The Bertz CT molecular complexity index is 507. The zero-order valence-corrected chi connectivity index (χ0v) is 10.3. The van der Waals surface area contributed by atoms with Crippen LogP contribution in [0.4, 0.5) is 8.78 Å². The molecule has 2 rings (SSSR count). The van der Waals surface area contributed by atoms with Crippen LogP contribution in [-0.4, -0.2) is 24.9 Å². The van der Waals surface area contributed by atoms with E-state index in [9.17, 15) is 13.6 Å². The van der Waals surface area contributed by atoms with Gasteiger partial charge in [-0.3, -0.25) is 4.79 Å². The molecule has 17 heavy (non-hydrogen) atoms. The number of rotatable bonds is 4. The molecule has 0 aliphatic heterocycles. The van der Waals surface area contributed by atoms with Gasteiger partial charge in [0.05, 0.1) is 18.0 Å². The second-order valence-corrected chi connectivity index (χ2v) is 5.53. The molecular formula is C10H10F2N2OS2. The second-order valence-electron chi connectivity index (χ2n) is 3.50. The summed E-state index contributed by atoms with van der Waals surface area (Å²) in [5, 5.41) is 4.11. The normalized spacial score (nSPS) is 11.9. The summed E-state index contributed by atoms with van der Waals surface area (Å²) in [4.78, 5) is 12.0. The highest BCUT2D eigenvalue weighted by molar-refractivity contribution is 7.27. The average Bonchev–Trinajstić information content (AvgIpc) is 2.86. The number of halogens is 2. The third-order valence-corrected chi connectivity index (χ3v) is 4.26. The summed E-state index contributed by atoms with van der Waals surface area (Å²) in [5.74, 6) is -3.53. The summed E-state index contributed by atoms with van der Waals surface area (Å²) in [5.41, 5.74) is 4.88. The lowest BCUT2D eigenvalue weighted by Gasteiger charge is -2.13. The zero-order valence-electron chi connectivity index (χ0n) is 8.70. The molecule has 7 heteroatoms. The van der Waals surface area contributed by atoms with E-state index in [2.05, 4.69) is 5.32 Å². The number of hydrogen-bond donors (Lipinski definition) is 2. The van der Waals surface area contributed by atoms with Gasteiger partial charge in [0.15, 0.2) is 0 Å². The molecule has 0 aliphatic rings. The molecule has 0 aliphatic carbocycles. The molecule has 3 N–H and O–H groups in total. The minimum absolute atomic E-state index is 0.444. The van der Waals surface area contributed by atoms with Crippen LogP contribution in [0.5, 0.6) is 0 Å². The predicted octanol–water partition coefficient (Wildman–Crippen LogP) is 2.29. The lowest BCUT2D eigenvalue weighted by Crippen LogP contribution is -2.41. The molecule has 0 saturated heterocycles. The number of carbonyl (C=O) groups excluding carboxylic acids is 1. The van der Waals surface area contributed by atoms with E-state index in [1.807, 2.05) is 11.4 Å². The number of amides is 1. The molecular weight excluding hydrogens is 266 g/mol. The Hall–Kier alpha value is -1.05. The SMILES string of the molecule is NCC(F)(F)CNC(=O)c1cc2sccc2s1. The first-order valence-corrected chi connectivity index (χ1v) is 6.54. The number of thiophene rings is 2. The van der Waals surface area contributed by atoms with Crippen molar-refractivity contribution in [1.29, 1.82) is 0 Å². The fourth-order valence-corrected chi connectivity index (χ4v) is 3.27. The van der Waals surface area contributed by atoms with Crippen LogP contribution in [-0.2, 0) is 0 Å². The number of alkyl halides is 2. The quantitative estimate of drug-likeness (QED) is 0.900. The molecule has 0 unspecified atom stereocenters. The molecule has 0 aromatic carbocycles. The number of carbonyl (C=O) groups is 1. The molecule has 2 aromatic heterocycles. The van der Waals surface area contributed by atoms with Gasteiger partial charge in [-0.1, -0.05) is 0 Å². The monoisotopic (exact) mass is 276 g/mol. The molecule has 2 heterocycles. The maximum absolute atomic E-state index is 12.8. The van der Waals surface area contributed by atoms with E-state index in [1.165, 1.54) is 22.7 Å². The van der Waals surface area contributed by atoms with Gasteiger partial charge < -0.3 is 11.1 Å². The Kier molecular flexibility index (Phi) is 3.41. The molecule has 92 valence electrons. The van der Waals surface area contributed by atoms with E-state index in [0.29, 0.717) is 4.88 Å². The summed E-state index contributed by atoms with van der Waals surface area (Å²) in [7, 11) is 0. The van der Waals surface area contributed by atoms with Gasteiger partial charge in [-0.05, 0) is 17.5 Å². The molecule has 1 amide bonds. The van der Waals surface area contributed by atoms with Gasteiger partial charge in [-0.15, -0.1) is 22.7 Å². The van der Waals surface area contributed by atoms with Gasteiger partial charge in [0.2, 0.25) is 0 Å². The Balaban J connectivity index is 2.03. The lowest BCUT2D eigenvalue weighted by molar-refractivity contribution is 0.0119. The van der Waals surface area contributed by atoms with Crippen molar-refractivity contribution in [1.82, 2.24) is 5.32 Å². The van der Waals surface area contributed by atoms with Crippen LogP contribution in [0.3, 0.4) is 0 Å². The Labute approximate surface area is 104 Å².